The molecule has 28 heavy (non-hydrogen) atoms. The Hall–Kier alpha value is -2.98. The molecular weight excluding hydrogens is 364 g/mol. The van der Waals surface area contributed by atoms with Crippen LogP contribution in [-0.2, 0) is 17.8 Å². The summed E-state index contributed by atoms with van der Waals surface area (Å²) in [6.07, 6.45) is 2.14. The van der Waals surface area contributed by atoms with Crippen LogP contribution in [0.1, 0.15) is 16.7 Å². The average Bonchev–Trinajstić information content (AvgIpc) is 2.99. The van der Waals surface area contributed by atoms with Gasteiger partial charge in [-0.15, -0.1) is 6.58 Å². The van der Waals surface area contributed by atoms with Gasteiger partial charge in [0, 0.05) is 6.54 Å². The number of amides is 1. The summed E-state index contributed by atoms with van der Waals surface area (Å²) >= 11 is 1.56. The first-order valence-corrected chi connectivity index (χ1v) is 10.1. The van der Waals surface area contributed by atoms with E-state index in [0.717, 1.165) is 31.4 Å². The Balaban J connectivity index is 1.77. The van der Waals surface area contributed by atoms with Crippen molar-refractivity contribution in [1.29, 1.82) is 0 Å². The smallest absolute Gasteiger partial charge is 0.252 e. The van der Waals surface area contributed by atoms with E-state index in [2.05, 4.69) is 60.3 Å². The highest BCUT2D eigenvalue weighted by Gasteiger charge is 2.10. The molecule has 0 saturated heterocycles. The molecule has 0 aliphatic heterocycles. The van der Waals surface area contributed by atoms with E-state index < -0.39 is 0 Å². The predicted molar refractivity (Wildman–Crippen MR) is 118 cm³/mol. The van der Waals surface area contributed by atoms with E-state index in [-0.39, 0.29) is 5.91 Å². The first kappa shape index (κ1) is 18.4. The molecule has 3 aromatic carbocycles. The van der Waals surface area contributed by atoms with Gasteiger partial charge in [0.05, 0.1) is 16.6 Å². The third-order valence-electron chi connectivity index (χ3n) is 5.05. The maximum atomic E-state index is 12.8. The fraction of sp³-hybridized carbons (Fsp3) is 0.167. The summed E-state index contributed by atoms with van der Waals surface area (Å²) in [5.41, 5.74) is 4.59. The lowest BCUT2D eigenvalue weighted by atomic mass is 10.0. The molecule has 140 valence electrons. The number of carbonyl (C=O) groups is 1. The van der Waals surface area contributed by atoms with Gasteiger partial charge in [-0.1, -0.05) is 59.9 Å². The van der Waals surface area contributed by atoms with Crippen LogP contribution in [0.5, 0.6) is 0 Å². The lowest BCUT2D eigenvalue weighted by Gasteiger charge is -2.05. The van der Waals surface area contributed by atoms with Crippen LogP contribution in [0.15, 0.2) is 72.2 Å². The van der Waals surface area contributed by atoms with Gasteiger partial charge in [0.15, 0.2) is 4.80 Å². The largest absolute Gasteiger partial charge is 0.312 e. The summed E-state index contributed by atoms with van der Waals surface area (Å²) in [6.45, 7) is 8.70. The van der Waals surface area contributed by atoms with Gasteiger partial charge in [0.25, 0.3) is 5.91 Å². The molecule has 0 bridgehead atoms. The van der Waals surface area contributed by atoms with Crippen LogP contribution in [0, 0.1) is 13.8 Å². The summed E-state index contributed by atoms with van der Waals surface area (Å²) in [7, 11) is 0. The molecule has 4 heteroatoms. The fourth-order valence-corrected chi connectivity index (χ4v) is 4.60. The molecule has 4 rings (SSSR count). The first-order valence-electron chi connectivity index (χ1n) is 9.32. The van der Waals surface area contributed by atoms with Crippen LogP contribution in [0.3, 0.4) is 0 Å². The number of aryl methyl sites for hydroxylation is 2. The second-order valence-corrected chi connectivity index (χ2v) is 8.02. The van der Waals surface area contributed by atoms with Crippen molar-refractivity contribution in [2.45, 2.75) is 26.8 Å². The Morgan fingerprint density at radius 2 is 1.86 bits per heavy atom. The zero-order valence-electron chi connectivity index (χ0n) is 16.1. The number of aromatic nitrogens is 1. The van der Waals surface area contributed by atoms with Crippen molar-refractivity contribution in [3.8, 4) is 0 Å². The van der Waals surface area contributed by atoms with Crippen LogP contribution in [0.2, 0.25) is 0 Å². The van der Waals surface area contributed by atoms with E-state index in [4.69, 9.17) is 0 Å². The predicted octanol–water partition coefficient (Wildman–Crippen LogP) is 5.33. The van der Waals surface area contributed by atoms with Crippen LogP contribution < -0.4 is 4.80 Å². The van der Waals surface area contributed by atoms with Gasteiger partial charge in [-0.25, -0.2) is 0 Å². The van der Waals surface area contributed by atoms with Gasteiger partial charge in [-0.05, 0) is 53.4 Å². The van der Waals surface area contributed by atoms with Gasteiger partial charge in [0.1, 0.15) is 0 Å². The van der Waals surface area contributed by atoms with E-state index in [9.17, 15) is 4.79 Å². The normalized spacial score (nSPS) is 12.0. The maximum Gasteiger partial charge on any atom is 0.252 e. The Morgan fingerprint density at radius 1 is 1.11 bits per heavy atom. The highest BCUT2D eigenvalue weighted by atomic mass is 32.1. The van der Waals surface area contributed by atoms with Crippen molar-refractivity contribution in [3.63, 3.8) is 0 Å². The Labute approximate surface area is 168 Å². The molecule has 1 aromatic heterocycles. The number of hydrogen-bond acceptors (Lipinski definition) is 2. The van der Waals surface area contributed by atoms with Crippen LogP contribution in [-0.4, -0.2) is 10.5 Å². The number of carbonyl (C=O) groups excluding carboxylic acids is 1. The van der Waals surface area contributed by atoms with Crippen molar-refractivity contribution in [3.05, 3.63) is 88.7 Å². The molecule has 0 fully saturated rings. The molecule has 0 aliphatic carbocycles. The van der Waals surface area contributed by atoms with Crippen molar-refractivity contribution in [1.82, 2.24) is 4.57 Å². The monoisotopic (exact) mass is 386 g/mol. The fourth-order valence-electron chi connectivity index (χ4n) is 3.47. The van der Waals surface area contributed by atoms with Gasteiger partial charge < -0.3 is 4.57 Å². The third kappa shape index (κ3) is 3.43. The first-order chi connectivity index (χ1) is 13.6. The second-order valence-electron chi connectivity index (χ2n) is 7.01. The van der Waals surface area contributed by atoms with Crippen LogP contribution >= 0.6 is 11.3 Å². The van der Waals surface area contributed by atoms with Crippen LogP contribution in [0.25, 0.3) is 21.0 Å². The lowest BCUT2D eigenvalue weighted by Crippen LogP contribution is -2.17. The number of nitrogens with zero attached hydrogens (tertiary/aromatic N) is 2. The minimum Gasteiger partial charge on any atom is -0.312 e. The molecule has 1 amide bonds. The number of thiazole rings is 1. The van der Waals surface area contributed by atoms with E-state index in [0.29, 0.717) is 13.0 Å². The Morgan fingerprint density at radius 3 is 2.68 bits per heavy atom. The maximum absolute atomic E-state index is 12.8. The van der Waals surface area contributed by atoms with E-state index >= 15 is 0 Å². The summed E-state index contributed by atoms with van der Waals surface area (Å²) in [6, 6.07) is 18.5. The second kappa shape index (κ2) is 7.56. The molecule has 1 heterocycles. The SMILES string of the molecule is C=CCn1c(=NC(=O)Cc2cccc3ccccc23)sc2cc(C)c(C)cc21. The van der Waals surface area contributed by atoms with Crippen LogP contribution in [0.4, 0.5) is 0 Å². The molecule has 3 nitrogen and oxygen atoms in total. The molecule has 0 spiro atoms. The topological polar surface area (TPSA) is 34.4 Å². The minimum atomic E-state index is -0.130. The highest BCUT2D eigenvalue weighted by Crippen LogP contribution is 2.22. The summed E-state index contributed by atoms with van der Waals surface area (Å²) in [5, 5.41) is 2.25. The van der Waals surface area contributed by atoms with E-state index in [1.807, 2.05) is 30.3 Å². The number of benzene rings is 3. The van der Waals surface area contributed by atoms with E-state index in [1.54, 1.807) is 11.3 Å². The summed E-state index contributed by atoms with van der Waals surface area (Å²) in [4.78, 5) is 18.0. The summed E-state index contributed by atoms with van der Waals surface area (Å²) in [5.74, 6) is -0.130. The van der Waals surface area contributed by atoms with E-state index in [1.165, 1.54) is 11.1 Å². The minimum absolute atomic E-state index is 0.130. The van der Waals surface area contributed by atoms with Crippen molar-refractivity contribution in [2.75, 3.05) is 0 Å². The molecule has 0 aliphatic rings. The quantitative estimate of drug-likeness (QED) is 0.437. The Kier molecular flexibility index (Phi) is 4.97. The average molecular weight is 387 g/mol. The zero-order chi connectivity index (χ0) is 19.7. The number of hydrogen-bond donors (Lipinski definition) is 0. The van der Waals surface area contributed by atoms with Crippen molar-refractivity contribution < 1.29 is 4.79 Å². The summed E-state index contributed by atoms with van der Waals surface area (Å²) < 4.78 is 3.21. The van der Waals surface area contributed by atoms with Gasteiger partial charge in [0.2, 0.25) is 0 Å². The third-order valence-corrected chi connectivity index (χ3v) is 6.09. The number of allylic oxidation sites excluding steroid dienone is 1. The molecular formula is C24H22N2OS. The molecule has 0 radical (unpaired) electrons. The van der Waals surface area contributed by atoms with Gasteiger partial charge >= 0.3 is 0 Å². The van der Waals surface area contributed by atoms with Crippen molar-refractivity contribution in [2.24, 2.45) is 4.99 Å². The molecule has 0 saturated carbocycles. The molecule has 4 aromatic rings. The number of fused-ring (bicyclic) bond motifs is 2. The van der Waals surface area contributed by atoms with Gasteiger partial charge in [-0.2, -0.15) is 4.99 Å². The standard InChI is InChI=1S/C24H22N2OS/c1-4-12-26-21-13-16(2)17(3)14-22(21)28-24(26)25-23(27)15-19-10-7-9-18-8-5-6-11-20(18)19/h4-11,13-14H,1,12,15H2,2-3H3. The lowest BCUT2D eigenvalue weighted by molar-refractivity contribution is -0.117. The van der Waals surface area contributed by atoms with Crippen molar-refractivity contribution >= 4 is 38.2 Å². The Bertz CT molecular complexity index is 1270. The molecule has 0 N–H and O–H groups in total. The highest BCUT2D eigenvalue weighted by molar-refractivity contribution is 7.16. The van der Waals surface area contributed by atoms with Gasteiger partial charge in [-0.3, -0.25) is 4.79 Å². The molecule has 0 unspecified atom stereocenters. The number of rotatable bonds is 4. The zero-order valence-corrected chi connectivity index (χ0v) is 16.9. The molecule has 0 atom stereocenters.